The molecule has 0 fully saturated rings. The highest BCUT2D eigenvalue weighted by Gasteiger charge is 2.21. The fourth-order valence-corrected chi connectivity index (χ4v) is 3.06. The summed E-state index contributed by atoms with van der Waals surface area (Å²) in [6, 6.07) is 2.69. The molecule has 3 N–H and O–H groups in total. The molecule has 1 heterocycles. The summed E-state index contributed by atoms with van der Waals surface area (Å²) in [5, 5.41) is 29.6. The molecule has 1 aliphatic heterocycles. The number of benzene rings is 1. The van der Waals surface area contributed by atoms with Crippen LogP contribution in [-0.2, 0) is 11.2 Å². The van der Waals surface area contributed by atoms with Crippen molar-refractivity contribution in [3.63, 3.8) is 0 Å². The van der Waals surface area contributed by atoms with E-state index in [1.807, 2.05) is 6.92 Å². The Morgan fingerprint density at radius 3 is 2.50 bits per heavy atom. The van der Waals surface area contributed by atoms with Crippen molar-refractivity contribution in [2.24, 2.45) is 0 Å². The third-order valence-corrected chi connectivity index (χ3v) is 4.33. The fourth-order valence-electron chi connectivity index (χ4n) is 3.06. The second-order valence-corrected chi connectivity index (χ2v) is 6.40. The number of carbonyl (C=O) groups is 1. The van der Waals surface area contributed by atoms with Crippen molar-refractivity contribution in [3.05, 3.63) is 23.3 Å². The number of rotatable bonds is 0. The number of esters is 1. The minimum Gasteiger partial charge on any atom is -0.508 e. The van der Waals surface area contributed by atoms with Crippen LogP contribution in [-0.4, -0.2) is 33.5 Å². The minimum absolute atomic E-state index is 0. The van der Waals surface area contributed by atoms with Gasteiger partial charge in [0.15, 0.2) is 0 Å². The summed E-state index contributed by atoms with van der Waals surface area (Å²) in [6.45, 7) is 1.81. The van der Waals surface area contributed by atoms with E-state index in [4.69, 9.17) is 4.74 Å². The van der Waals surface area contributed by atoms with Gasteiger partial charge in [-0.05, 0) is 57.1 Å². The van der Waals surface area contributed by atoms with E-state index in [1.54, 1.807) is 0 Å². The number of ether oxygens (including phenoxy) is 1. The number of cyclic esters (lactones) is 1. The number of carbonyl (C=O) groups excluding carboxylic acids is 1. The molecule has 136 valence electrons. The number of aliphatic hydroxyl groups excluding tert-OH is 1. The monoisotopic (exact) mass is 358 g/mol. The van der Waals surface area contributed by atoms with Crippen LogP contribution in [0.5, 0.6) is 11.5 Å². The third-order valence-electron chi connectivity index (χ3n) is 4.33. The maximum Gasteiger partial charge on any atom is 0.342 e. The third kappa shape index (κ3) is 5.87. The number of aliphatic hydroxyl groups is 1. The lowest BCUT2D eigenvalue weighted by molar-refractivity contribution is 0.0305. The van der Waals surface area contributed by atoms with E-state index >= 15 is 0 Å². The highest BCUT2D eigenvalue weighted by molar-refractivity contribution is 5.94. The van der Waals surface area contributed by atoms with Gasteiger partial charge in [0.05, 0.1) is 12.2 Å². The van der Waals surface area contributed by atoms with Crippen molar-refractivity contribution in [1.29, 1.82) is 0 Å². The van der Waals surface area contributed by atoms with E-state index in [-0.39, 0.29) is 41.7 Å². The summed E-state index contributed by atoms with van der Waals surface area (Å²) in [4.78, 5) is 12.4. The van der Waals surface area contributed by atoms with Crippen LogP contribution in [0.2, 0.25) is 0 Å². The Bertz CT molecular complexity index is 546. The number of hydrogen-bond donors (Lipinski definition) is 3. The topological polar surface area (TPSA) is 87.0 Å². The van der Waals surface area contributed by atoms with Gasteiger partial charge < -0.3 is 20.1 Å². The number of halogens is 1. The minimum atomic E-state index is -0.553. The van der Waals surface area contributed by atoms with E-state index < -0.39 is 5.97 Å². The summed E-state index contributed by atoms with van der Waals surface area (Å²) in [5.41, 5.74) is 0.768. The first-order chi connectivity index (χ1) is 11.0. The van der Waals surface area contributed by atoms with Gasteiger partial charge in [-0.1, -0.05) is 12.8 Å². The number of aromatic hydroxyl groups is 2. The number of phenols is 2. The van der Waals surface area contributed by atoms with Crippen molar-refractivity contribution in [2.75, 3.05) is 0 Å². The van der Waals surface area contributed by atoms with E-state index in [2.05, 4.69) is 0 Å². The largest absolute Gasteiger partial charge is 0.508 e. The second-order valence-electron chi connectivity index (χ2n) is 6.40. The molecule has 0 amide bonds. The van der Waals surface area contributed by atoms with Gasteiger partial charge in [-0.2, -0.15) is 0 Å². The molecule has 0 bridgehead atoms. The molecule has 0 aromatic heterocycles. The second kappa shape index (κ2) is 9.74. The molecule has 2 atom stereocenters. The van der Waals surface area contributed by atoms with Crippen molar-refractivity contribution < 1.29 is 24.9 Å². The van der Waals surface area contributed by atoms with Gasteiger partial charge in [0.25, 0.3) is 0 Å². The molecule has 6 heteroatoms. The molecule has 1 aromatic rings. The fraction of sp³-hybridized carbons (Fsp3) is 0.611. The van der Waals surface area contributed by atoms with Crippen LogP contribution in [0.25, 0.3) is 0 Å². The lowest BCUT2D eigenvalue weighted by Crippen LogP contribution is -2.18. The van der Waals surface area contributed by atoms with Crippen LogP contribution in [0.1, 0.15) is 67.8 Å². The molecule has 0 saturated heterocycles. The molecule has 0 spiro atoms. The van der Waals surface area contributed by atoms with Gasteiger partial charge >= 0.3 is 5.97 Å². The van der Waals surface area contributed by atoms with Gasteiger partial charge in [-0.25, -0.2) is 4.79 Å². The molecule has 0 unspecified atom stereocenters. The van der Waals surface area contributed by atoms with E-state index in [1.165, 1.54) is 12.1 Å². The Hall–Kier alpha value is -1.46. The van der Waals surface area contributed by atoms with Crippen molar-refractivity contribution in [1.82, 2.24) is 0 Å². The zero-order chi connectivity index (χ0) is 16.8. The van der Waals surface area contributed by atoms with Crippen LogP contribution in [0.4, 0.5) is 0 Å². The molecular formula is C18H27ClO5. The first-order valence-corrected chi connectivity index (χ1v) is 8.41. The molecule has 2 rings (SSSR count). The summed E-state index contributed by atoms with van der Waals surface area (Å²) in [5.74, 6) is -0.846. The molecule has 5 nitrogen and oxygen atoms in total. The number of aryl methyl sites for hydroxylation is 1. The highest BCUT2D eigenvalue weighted by atomic mass is 35.5. The van der Waals surface area contributed by atoms with Crippen molar-refractivity contribution in [3.8, 4) is 11.5 Å². The van der Waals surface area contributed by atoms with E-state index in [0.717, 1.165) is 38.5 Å². The smallest absolute Gasteiger partial charge is 0.342 e. The van der Waals surface area contributed by atoms with E-state index in [0.29, 0.717) is 18.4 Å². The molecule has 0 saturated carbocycles. The zero-order valence-electron chi connectivity index (χ0n) is 14.0. The Morgan fingerprint density at radius 1 is 1.04 bits per heavy atom. The van der Waals surface area contributed by atoms with E-state index in [9.17, 15) is 20.1 Å². The first kappa shape index (κ1) is 20.6. The van der Waals surface area contributed by atoms with Crippen LogP contribution >= 0.6 is 12.4 Å². The standard InChI is InChI=1S/C18H26O5.ClH/c1-12-6-5-9-14(19)8-4-2-3-7-13-10-15(20)11-16(21)17(13)18(22)23-12;/h10-12,14,19-21H,2-9H2,1H3;1H/t12-,14+;/m0./s1. The lowest BCUT2D eigenvalue weighted by Gasteiger charge is -2.18. The maximum atomic E-state index is 12.4. The van der Waals surface area contributed by atoms with Gasteiger partial charge in [-0.15, -0.1) is 12.4 Å². The Kier molecular flexibility index (Phi) is 8.36. The normalized spacial score (nSPS) is 23.3. The molecule has 1 aromatic carbocycles. The molecule has 24 heavy (non-hydrogen) atoms. The molecule has 0 aliphatic carbocycles. The molecule has 1 aliphatic rings. The Balaban J connectivity index is 0.00000288. The SMILES string of the molecule is C[C@H]1CCC[C@H](O)CCCCCc2cc(O)cc(O)c2C(=O)O1.Cl. The highest BCUT2D eigenvalue weighted by Crippen LogP contribution is 2.30. The van der Waals surface area contributed by atoms with Gasteiger partial charge in [0.2, 0.25) is 0 Å². The summed E-state index contributed by atoms with van der Waals surface area (Å²) >= 11 is 0. The maximum absolute atomic E-state index is 12.4. The average molecular weight is 359 g/mol. The predicted molar refractivity (Wildman–Crippen MR) is 93.9 cm³/mol. The Labute approximate surface area is 149 Å². The lowest BCUT2D eigenvalue weighted by atomic mass is 9.97. The van der Waals surface area contributed by atoms with Gasteiger partial charge in [-0.3, -0.25) is 0 Å². The van der Waals surface area contributed by atoms with Crippen LogP contribution < -0.4 is 0 Å². The van der Waals surface area contributed by atoms with Crippen LogP contribution in [0.15, 0.2) is 12.1 Å². The summed E-state index contributed by atoms with van der Waals surface area (Å²) in [6.07, 6.45) is 5.67. The van der Waals surface area contributed by atoms with Gasteiger partial charge in [0.1, 0.15) is 17.1 Å². The molecular weight excluding hydrogens is 332 g/mol. The van der Waals surface area contributed by atoms with Gasteiger partial charge in [0, 0.05) is 6.07 Å². The first-order valence-electron chi connectivity index (χ1n) is 8.41. The quantitative estimate of drug-likeness (QED) is 0.615. The average Bonchev–Trinajstić information content (AvgIpc) is 2.45. The number of phenolic OH excluding ortho intramolecular Hbond substituents is 2. The predicted octanol–water partition coefficient (Wildman–Crippen LogP) is 3.71. The van der Waals surface area contributed by atoms with Crippen molar-refractivity contribution in [2.45, 2.75) is 70.5 Å². The molecule has 0 radical (unpaired) electrons. The number of hydrogen-bond acceptors (Lipinski definition) is 5. The zero-order valence-corrected chi connectivity index (χ0v) is 14.8. The summed E-state index contributed by atoms with van der Waals surface area (Å²) < 4.78 is 5.42. The summed E-state index contributed by atoms with van der Waals surface area (Å²) in [7, 11) is 0. The number of fused-ring (bicyclic) bond motifs is 1. The van der Waals surface area contributed by atoms with Crippen LogP contribution in [0, 0.1) is 0 Å². The Morgan fingerprint density at radius 2 is 1.75 bits per heavy atom. The van der Waals surface area contributed by atoms with Crippen LogP contribution in [0.3, 0.4) is 0 Å². The van der Waals surface area contributed by atoms with Crippen molar-refractivity contribution >= 4 is 18.4 Å².